The molecule has 1 aliphatic rings. The van der Waals surface area contributed by atoms with Crippen molar-refractivity contribution < 1.29 is 9.59 Å². The molecule has 1 fully saturated rings. The van der Waals surface area contributed by atoms with Gasteiger partial charge in [-0.1, -0.05) is 24.6 Å². The van der Waals surface area contributed by atoms with E-state index in [4.69, 9.17) is 11.6 Å². The summed E-state index contributed by atoms with van der Waals surface area (Å²) in [6.07, 6.45) is 2.08. The van der Waals surface area contributed by atoms with Crippen molar-refractivity contribution >= 4 is 52.8 Å². The number of nitrogens with one attached hydrogen (secondary N) is 3. The van der Waals surface area contributed by atoms with E-state index in [2.05, 4.69) is 22.9 Å². The maximum Gasteiger partial charge on any atom is 0.265 e. The first-order valence-electron chi connectivity index (χ1n) is 8.60. The number of thiophene rings is 1. The van der Waals surface area contributed by atoms with Crippen molar-refractivity contribution in [3.8, 4) is 0 Å². The van der Waals surface area contributed by atoms with Crippen molar-refractivity contribution in [2.75, 3.05) is 25.0 Å². The van der Waals surface area contributed by atoms with Crippen LogP contribution in [0.3, 0.4) is 0 Å². The van der Waals surface area contributed by atoms with Crippen molar-refractivity contribution in [1.82, 2.24) is 10.6 Å². The number of anilines is 1. The molecule has 2 heterocycles. The Labute approximate surface area is 174 Å². The topological polar surface area (TPSA) is 70.2 Å². The number of carbonyl (C=O) groups is 2. The average molecular weight is 428 g/mol. The van der Waals surface area contributed by atoms with Gasteiger partial charge in [0.15, 0.2) is 0 Å². The Bertz CT molecular complexity index is 790. The molecule has 0 bridgehead atoms. The first-order chi connectivity index (χ1) is 12.5. The predicted octanol–water partition coefficient (Wildman–Crippen LogP) is 4.20. The van der Waals surface area contributed by atoms with E-state index in [1.54, 1.807) is 24.3 Å². The lowest BCUT2D eigenvalue weighted by atomic mass is 9.81. The summed E-state index contributed by atoms with van der Waals surface area (Å²) < 4.78 is 0. The zero-order valence-electron chi connectivity index (χ0n) is 15.0. The van der Waals surface area contributed by atoms with Crippen molar-refractivity contribution in [2.45, 2.75) is 19.8 Å². The van der Waals surface area contributed by atoms with Gasteiger partial charge in [-0.25, -0.2) is 0 Å². The van der Waals surface area contributed by atoms with Crippen LogP contribution < -0.4 is 16.0 Å². The summed E-state index contributed by atoms with van der Waals surface area (Å²) in [4.78, 5) is 25.3. The van der Waals surface area contributed by atoms with Gasteiger partial charge in [0.05, 0.1) is 15.6 Å². The van der Waals surface area contributed by atoms with Gasteiger partial charge in [0, 0.05) is 12.1 Å². The number of piperidine rings is 1. The van der Waals surface area contributed by atoms with Crippen molar-refractivity contribution in [2.24, 2.45) is 5.41 Å². The normalized spacial score (nSPS) is 15.5. The van der Waals surface area contributed by atoms with Gasteiger partial charge in [-0.05, 0) is 61.0 Å². The van der Waals surface area contributed by atoms with Crippen LogP contribution in [0.1, 0.15) is 39.8 Å². The Morgan fingerprint density at radius 3 is 2.63 bits per heavy atom. The molecule has 8 heteroatoms. The summed E-state index contributed by atoms with van der Waals surface area (Å²) in [7, 11) is 0. The summed E-state index contributed by atoms with van der Waals surface area (Å²) in [5.41, 5.74) is 1.03. The quantitative estimate of drug-likeness (QED) is 0.669. The first kappa shape index (κ1) is 21.7. The zero-order valence-corrected chi connectivity index (χ0v) is 17.4. The molecule has 5 nitrogen and oxygen atoms in total. The van der Waals surface area contributed by atoms with E-state index in [1.807, 2.05) is 11.4 Å². The zero-order chi connectivity index (χ0) is 18.6. The minimum absolute atomic E-state index is 0. The standard InChI is InChI=1S/C19H22ClN3O2S.ClH/c1-19(6-8-21-9-7-19)12-22-17(24)13-4-5-14(20)15(11-13)23-18(25)16-3-2-10-26-16;/h2-5,10-11,21H,6-9,12H2,1H3,(H,22,24)(H,23,25);1H. The second-order valence-corrected chi connectivity index (χ2v) is 8.22. The number of hydrogen-bond donors (Lipinski definition) is 3. The molecule has 1 aliphatic heterocycles. The molecule has 0 saturated carbocycles. The van der Waals surface area contributed by atoms with E-state index in [9.17, 15) is 9.59 Å². The van der Waals surface area contributed by atoms with Gasteiger partial charge in [0.1, 0.15) is 0 Å². The molecule has 0 aliphatic carbocycles. The highest BCUT2D eigenvalue weighted by atomic mass is 35.5. The van der Waals surface area contributed by atoms with Crippen LogP contribution in [0.5, 0.6) is 0 Å². The van der Waals surface area contributed by atoms with Crippen LogP contribution in [0, 0.1) is 5.41 Å². The number of amides is 2. The number of benzene rings is 1. The van der Waals surface area contributed by atoms with E-state index >= 15 is 0 Å². The molecule has 0 radical (unpaired) electrons. The van der Waals surface area contributed by atoms with Gasteiger partial charge in [-0.15, -0.1) is 23.7 Å². The van der Waals surface area contributed by atoms with Gasteiger partial charge in [-0.3, -0.25) is 9.59 Å². The van der Waals surface area contributed by atoms with Crippen LogP contribution in [0.4, 0.5) is 5.69 Å². The highest BCUT2D eigenvalue weighted by molar-refractivity contribution is 7.12. The molecule has 27 heavy (non-hydrogen) atoms. The first-order valence-corrected chi connectivity index (χ1v) is 9.86. The minimum Gasteiger partial charge on any atom is -0.351 e. The van der Waals surface area contributed by atoms with Crippen LogP contribution in [0.15, 0.2) is 35.7 Å². The van der Waals surface area contributed by atoms with E-state index in [0.717, 1.165) is 25.9 Å². The molecular formula is C19H23Cl2N3O2S. The SMILES string of the molecule is CC1(CNC(=O)c2ccc(Cl)c(NC(=O)c3cccs3)c2)CCNCC1.Cl. The van der Waals surface area contributed by atoms with Gasteiger partial charge in [0.2, 0.25) is 0 Å². The van der Waals surface area contributed by atoms with Gasteiger partial charge in [0.25, 0.3) is 11.8 Å². The summed E-state index contributed by atoms with van der Waals surface area (Å²) >= 11 is 7.53. The van der Waals surface area contributed by atoms with Crippen molar-refractivity contribution in [1.29, 1.82) is 0 Å². The molecular weight excluding hydrogens is 405 g/mol. The van der Waals surface area contributed by atoms with Gasteiger partial charge in [-0.2, -0.15) is 0 Å². The summed E-state index contributed by atoms with van der Waals surface area (Å²) in [5, 5.41) is 11.4. The monoisotopic (exact) mass is 427 g/mol. The fraction of sp³-hybridized carbons (Fsp3) is 0.368. The fourth-order valence-corrected chi connectivity index (χ4v) is 3.74. The van der Waals surface area contributed by atoms with Gasteiger partial charge < -0.3 is 16.0 Å². The molecule has 1 aromatic carbocycles. The molecule has 2 amide bonds. The molecule has 146 valence electrons. The number of carbonyl (C=O) groups excluding carboxylic acids is 2. The molecule has 0 unspecified atom stereocenters. The average Bonchev–Trinajstić information content (AvgIpc) is 3.17. The predicted molar refractivity (Wildman–Crippen MR) is 114 cm³/mol. The lowest BCUT2D eigenvalue weighted by molar-refractivity contribution is 0.0921. The lowest BCUT2D eigenvalue weighted by Gasteiger charge is -2.34. The van der Waals surface area contributed by atoms with Crippen LogP contribution >= 0.6 is 35.3 Å². The van der Waals surface area contributed by atoms with Crippen LogP contribution in [0.2, 0.25) is 5.02 Å². The Morgan fingerprint density at radius 1 is 1.22 bits per heavy atom. The third kappa shape index (κ3) is 5.69. The summed E-state index contributed by atoms with van der Waals surface area (Å²) in [6.45, 7) is 4.79. The highest BCUT2D eigenvalue weighted by Crippen LogP contribution is 2.27. The smallest absolute Gasteiger partial charge is 0.265 e. The number of rotatable bonds is 5. The maximum atomic E-state index is 12.5. The minimum atomic E-state index is -0.235. The summed E-state index contributed by atoms with van der Waals surface area (Å²) in [6, 6.07) is 8.47. The fourth-order valence-electron chi connectivity index (χ4n) is 2.96. The molecule has 2 aromatic rings. The Hall–Kier alpha value is -1.60. The number of hydrogen-bond acceptors (Lipinski definition) is 4. The molecule has 0 atom stereocenters. The summed E-state index contributed by atoms with van der Waals surface area (Å²) in [5.74, 6) is -0.394. The number of halogens is 2. The Morgan fingerprint density at radius 2 is 1.96 bits per heavy atom. The lowest BCUT2D eigenvalue weighted by Crippen LogP contribution is -2.42. The largest absolute Gasteiger partial charge is 0.351 e. The molecule has 3 N–H and O–H groups in total. The van der Waals surface area contributed by atoms with Crippen molar-refractivity contribution in [3.05, 3.63) is 51.2 Å². The van der Waals surface area contributed by atoms with E-state index < -0.39 is 0 Å². The third-order valence-electron chi connectivity index (χ3n) is 4.71. The van der Waals surface area contributed by atoms with Crippen LogP contribution in [-0.2, 0) is 0 Å². The van der Waals surface area contributed by atoms with E-state index in [-0.39, 0.29) is 29.6 Å². The third-order valence-corrected chi connectivity index (χ3v) is 5.91. The second kappa shape index (κ2) is 9.55. The van der Waals surface area contributed by atoms with Gasteiger partial charge >= 0.3 is 0 Å². The molecule has 3 rings (SSSR count). The molecule has 1 aromatic heterocycles. The second-order valence-electron chi connectivity index (χ2n) is 6.87. The van der Waals surface area contributed by atoms with Crippen LogP contribution in [0.25, 0.3) is 0 Å². The van der Waals surface area contributed by atoms with Crippen molar-refractivity contribution in [3.63, 3.8) is 0 Å². The van der Waals surface area contributed by atoms with E-state index in [1.165, 1.54) is 11.3 Å². The highest BCUT2D eigenvalue weighted by Gasteiger charge is 2.27. The molecule has 0 spiro atoms. The maximum absolute atomic E-state index is 12.5. The van der Waals surface area contributed by atoms with E-state index in [0.29, 0.717) is 27.7 Å². The van der Waals surface area contributed by atoms with Crippen LogP contribution in [-0.4, -0.2) is 31.4 Å². The Balaban J connectivity index is 0.00000261. The Kier molecular flexibility index (Phi) is 7.68. The molecule has 1 saturated heterocycles.